The van der Waals surface area contributed by atoms with Crippen molar-refractivity contribution in [1.82, 2.24) is 4.98 Å². The molecule has 0 spiro atoms. The molecule has 0 saturated carbocycles. The Balaban J connectivity index is 1.85. The number of methoxy groups -OCH3 is 2. The fraction of sp³-hybridized carbons (Fsp3) is 0.211. The van der Waals surface area contributed by atoms with Gasteiger partial charge in [-0.1, -0.05) is 12.1 Å². The first-order valence-electron chi connectivity index (χ1n) is 8.13. The number of benzene rings is 2. The van der Waals surface area contributed by atoms with Crippen molar-refractivity contribution in [3.05, 3.63) is 54.1 Å². The Labute approximate surface area is 158 Å². The number of sulfonamides is 1. The molecule has 1 N–H and O–H groups in total. The Hall–Kier alpha value is -3.00. The van der Waals surface area contributed by atoms with Gasteiger partial charge in [0, 0.05) is 24.2 Å². The molecule has 8 heteroatoms. The maximum absolute atomic E-state index is 12.6. The first-order chi connectivity index (χ1) is 12.8. The van der Waals surface area contributed by atoms with E-state index < -0.39 is 10.0 Å². The lowest BCUT2D eigenvalue weighted by molar-refractivity contribution is 0.354. The summed E-state index contributed by atoms with van der Waals surface area (Å²) in [4.78, 5) is 4.41. The molecule has 7 nitrogen and oxygen atoms in total. The minimum Gasteiger partial charge on any atom is -0.493 e. The minimum absolute atomic E-state index is 0.0761. The van der Waals surface area contributed by atoms with Gasteiger partial charge in [-0.3, -0.25) is 4.72 Å². The first-order valence-corrected chi connectivity index (χ1v) is 9.61. The molecule has 0 amide bonds. The van der Waals surface area contributed by atoms with E-state index in [0.29, 0.717) is 28.8 Å². The van der Waals surface area contributed by atoms with Gasteiger partial charge in [0.2, 0.25) is 0 Å². The molecule has 1 heterocycles. The molecule has 0 atom stereocenters. The molecular formula is C19H20N2O5S. The van der Waals surface area contributed by atoms with Crippen molar-refractivity contribution in [2.45, 2.75) is 18.7 Å². The number of anilines is 1. The van der Waals surface area contributed by atoms with Crippen molar-refractivity contribution in [3.63, 3.8) is 0 Å². The van der Waals surface area contributed by atoms with Crippen LogP contribution in [0.2, 0.25) is 0 Å². The molecule has 3 aromatic rings. The number of hydrogen-bond acceptors (Lipinski definition) is 6. The molecule has 0 unspecified atom stereocenters. The number of rotatable bonds is 6. The second-order valence-corrected chi connectivity index (χ2v) is 7.52. The molecule has 0 aliphatic rings. The smallest absolute Gasteiger partial charge is 0.262 e. The average Bonchev–Trinajstić information content (AvgIpc) is 2.99. The molecule has 142 valence electrons. The SMILES string of the molecule is COc1ccc(S(=O)(=O)Nc2ccc(-c3nc(C)oc3C)cc2)cc1OC. The fourth-order valence-corrected chi connectivity index (χ4v) is 3.76. The first kappa shape index (κ1) is 18.8. The molecule has 0 fully saturated rings. The van der Waals surface area contributed by atoms with Crippen LogP contribution in [0.15, 0.2) is 51.8 Å². The summed E-state index contributed by atoms with van der Waals surface area (Å²) in [5.74, 6) is 2.10. The number of hydrogen-bond donors (Lipinski definition) is 1. The summed E-state index contributed by atoms with van der Waals surface area (Å²) in [5.41, 5.74) is 2.02. The highest BCUT2D eigenvalue weighted by atomic mass is 32.2. The van der Waals surface area contributed by atoms with Gasteiger partial charge in [0.1, 0.15) is 11.5 Å². The van der Waals surface area contributed by atoms with Crippen molar-refractivity contribution < 1.29 is 22.3 Å². The van der Waals surface area contributed by atoms with Crippen molar-refractivity contribution in [2.24, 2.45) is 0 Å². The number of oxazole rings is 1. The fourth-order valence-electron chi connectivity index (χ4n) is 2.69. The van der Waals surface area contributed by atoms with Crippen molar-refractivity contribution >= 4 is 15.7 Å². The van der Waals surface area contributed by atoms with Crippen LogP contribution in [-0.4, -0.2) is 27.6 Å². The normalized spacial score (nSPS) is 11.3. The van der Waals surface area contributed by atoms with Crippen LogP contribution in [0.3, 0.4) is 0 Å². The van der Waals surface area contributed by atoms with E-state index >= 15 is 0 Å². The average molecular weight is 388 g/mol. The zero-order valence-corrected chi connectivity index (χ0v) is 16.3. The molecular weight excluding hydrogens is 368 g/mol. The molecule has 1 aromatic heterocycles. The van der Waals surface area contributed by atoms with E-state index in [1.54, 1.807) is 37.3 Å². The lowest BCUT2D eigenvalue weighted by atomic mass is 10.1. The number of aryl methyl sites for hydroxylation is 2. The molecule has 0 bridgehead atoms. The second-order valence-electron chi connectivity index (χ2n) is 5.84. The number of nitrogens with zero attached hydrogens (tertiary/aromatic N) is 1. The topological polar surface area (TPSA) is 90.7 Å². The van der Waals surface area contributed by atoms with Gasteiger partial charge in [-0.05, 0) is 31.2 Å². The van der Waals surface area contributed by atoms with Gasteiger partial charge in [0.25, 0.3) is 10.0 Å². The van der Waals surface area contributed by atoms with Gasteiger partial charge in [-0.15, -0.1) is 0 Å². The highest BCUT2D eigenvalue weighted by molar-refractivity contribution is 7.92. The maximum atomic E-state index is 12.6. The summed E-state index contributed by atoms with van der Waals surface area (Å²) in [6, 6.07) is 11.4. The van der Waals surface area contributed by atoms with Crippen LogP contribution < -0.4 is 14.2 Å². The van der Waals surface area contributed by atoms with E-state index in [1.807, 2.05) is 6.92 Å². The predicted octanol–water partition coefficient (Wildman–Crippen LogP) is 3.78. The van der Waals surface area contributed by atoms with E-state index in [-0.39, 0.29) is 4.90 Å². The third kappa shape index (κ3) is 3.90. The standard InChI is InChI=1S/C19H20N2O5S/c1-12-19(20-13(2)26-12)14-5-7-15(8-6-14)21-27(22,23)16-9-10-17(24-3)18(11-16)25-4/h5-11,21H,1-4H3. The van der Waals surface area contributed by atoms with E-state index in [9.17, 15) is 8.42 Å². The van der Waals surface area contributed by atoms with E-state index in [1.165, 1.54) is 26.4 Å². The number of ether oxygens (including phenoxy) is 2. The van der Waals surface area contributed by atoms with Crippen LogP contribution in [0.5, 0.6) is 11.5 Å². The maximum Gasteiger partial charge on any atom is 0.262 e. The molecule has 27 heavy (non-hydrogen) atoms. The Morgan fingerprint density at radius 2 is 1.63 bits per heavy atom. The van der Waals surface area contributed by atoms with Crippen LogP contribution in [0.1, 0.15) is 11.7 Å². The summed E-state index contributed by atoms with van der Waals surface area (Å²) < 4.78 is 43.6. The monoisotopic (exact) mass is 388 g/mol. The van der Waals surface area contributed by atoms with Crippen LogP contribution >= 0.6 is 0 Å². The Kier molecular flexibility index (Phi) is 5.09. The van der Waals surface area contributed by atoms with Crippen LogP contribution in [0, 0.1) is 13.8 Å². The third-order valence-corrected chi connectivity index (χ3v) is 5.36. The highest BCUT2D eigenvalue weighted by Crippen LogP contribution is 2.30. The van der Waals surface area contributed by atoms with E-state index in [0.717, 1.165) is 11.3 Å². The quantitative estimate of drug-likeness (QED) is 0.691. The Morgan fingerprint density at radius 1 is 0.963 bits per heavy atom. The summed E-state index contributed by atoms with van der Waals surface area (Å²) in [5, 5.41) is 0. The Morgan fingerprint density at radius 3 is 2.19 bits per heavy atom. The lowest BCUT2D eigenvalue weighted by Crippen LogP contribution is -2.13. The zero-order chi connectivity index (χ0) is 19.6. The molecule has 0 aliphatic carbocycles. The van der Waals surface area contributed by atoms with Gasteiger partial charge in [-0.2, -0.15) is 0 Å². The molecule has 3 rings (SSSR count). The predicted molar refractivity (Wildman–Crippen MR) is 102 cm³/mol. The van der Waals surface area contributed by atoms with Gasteiger partial charge < -0.3 is 13.9 Å². The molecule has 0 saturated heterocycles. The van der Waals surface area contributed by atoms with Crippen LogP contribution in [0.25, 0.3) is 11.3 Å². The minimum atomic E-state index is -3.77. The summed E-state index contributed by atoms with van der Waals surface area (Å²) in [6.07, 6.45) is 0. The second kappa shape index (κ2) is 7.32. The molecule has 0 aliphatic heterocycles. The van der Waals surface area contributed by atoms with Crippen molar-refractivity contribution in [1.29, 1.82) is 0 Å². The number of nitrogens with one attached hydrogen (secondary N) is 1. The van der Waals surface area contributed by atoms with Crippen molar-refractivity contribution in [3.8, 4) is 22.8 Å². The summed E-state index contributed by atoms with van der Waals surface area (Å²) in [7, 11) is -0.830. The van der Waals surface area contributed by atoms with E-state index in [4.69, 9.17) is 13.9 Å². The Bertz CT molecular complexity index is 1060. The molecule has 2 aromatic carbocycles. The van der Waals surface area contributed by atoms with E-state index in [2.05, 4.69) is 9.71 Å². The van der Waals surface area contributed by atoms with Crippen LogP contribution in [0.4, 0.5) is 5.69 Å². The highest BCUT2D eigenvalue weighted by Gasteiger charge is 2.17. The van der Waals surface area contributed by atoms with Gasteiger partial charge >= 0.3 is 0 Å². The lowest BCUT2D eigenvalue weighted by Gasteiger charge is -2.12. The van der Waals surface area contributed by atoms with Crippen molar-refractivity contribution in [2.75, 3.05) is 18.9 Å². The van der Waals surface area contributed by atoms with Gasteiger partial charge in [0.05, 0.1) is 19.1 Å². The number of aromatic nitrogens is 1. The van der Waals surface area contributed by atoms with Gasteiger partial charge in [0.15, 0.2) is 17.4 Å². The largest absolute Gasteiger partial charge is 0.493 e. The van der Waals surface area contributed by atoms with Gasteiger partial charge in [-0.25, -0.2) is 13.4 Å². The summed E-state index contributed by atoms with van der Waals surface area (Å²) in [6.45, 7) is 3.62. The third-order valence-electron chi connectivity index (χ3n) is 3.98. The van der Waals surface area contributed by atoms with Crippen LogP contribution in [-0.2, 0) is 10.0 Å². The summed E-state index contributed by atoms with van der Waals surface area (Å²) >= 11 is 0. The molecule has 0 radical (unpaired) electrons. The zero-order valence-electron chi connectivity index (χ0n) is 15.4.